The van der Waals surface area contributed by atoms with Gasteiger partial charge in [0, 0.05) is 55.1 Å². The molecule has 0 spiro atoms. The molecule has 0 saturated heterocycles. The van der Waals surface area contributed by atoms with Crippen LogP contribution in [0, 0.1) is 5.41 Å². The molecule has 34 heavy (non-hydrogen) atoms. The van der Waals surface area contributed by atoms with Crippen molar-refractivity contribution in [3.05, 3.63) is 35.8 Å². The zero-order valence-corrected chi connectivity index (χ0v) is 20.8. The number of carbonyl (C=O) groups is 1. The molecule has 0 fully saturated rings. The molecule has 9 nitrogen and oxygen atoms in total. The third kappa shape index (κ3) is 6.17. The number of allylic oxidation sites excluding steroid dienone is 1. The van der Waals surface area contributed by atoms with Crippen LogP contribution >= 0.6 is 0 Å². The van der Waals surface area contributed by atoms with E-state index in [0.717, 1.165) is 22.5 Å². The molecular weight excluding hydrogens is 432 g/mol. The average Bonchev–Trinajstić information content (AvgIpc) is 3.25. The molecule has 0 bridgehead atoms. The highest BCUT2D eigenvalue weighted by molar-refractivity contribution is 6.11. The van der Waals surface area contributed by atoms with E-state index in [2.05, 4.69) is 36.1 Å². The Bertz CT molecular complexity index is 1100. The van der Waals surface area contributed by atoms with Crippen molar-refractivity contribution in [3.63, 3.8) is 0 Å². The van der Waals surface area contributed by atoms with Gasteiger partial charge >= 0.3 is 0 Å². The maximum atomic E-state index is 11.8. The average molecular weight is 467 g/mol. The van der Waals surface area contributed by atoms with Gasteiger partial charge in [-0.25, -0.2) is 15.0 Å². The first kappa shape index (κ1) is 25.3. The summed E-state index contributed by atoms with van der Waals surface area (Å²) in [6, 6.07) is 3.76. The van der Waals surface area contributed by atoms with Gasteiger partial charge in [0.05, 0.1) is 18.5 Å². The lowest BCUT2D eigenvalue weighted by Gasteiger charge is -2.18. The number of ketones is 1. The highest BCUT2D eigenvalue weighted by Crippen LogP contribution is 2.40. The third-order valence-electron chi connectivity index (χ3n) is 5.63. The molecule has 3 rings (SSSR count). The van der Waals surface area contributed by atoms with Crippen LogP contribution < -0.4 is 15.8 Å². The van der Waals surface area contributed by atoms with Crippen molar-refractivity contribution in [1.82, 2.24) is 15.0 Å². The molecule has 182 valence electrons. The van der Waals surface area contributed by atoms with E-state index in [9.17, 15) is 4.79 Å². The third-order valence-corrected chi connectivity index (χ3v) is 5.63. The second-order valence-electron chi connectivity index (χ2n) is 9.45. The van der Waals surface area contributed by atoms with E-state index in [1.54, 1.807) is 19.5 Å². The lowest BCUT2D eigenvalue weighted by molar-refractivity contribution is -0.122. The fourth-order valence-electron chi connectivity index (χ4n) is 3.62. The topological polar surface area (TPSA) is 125 Å². The van der Waals surface area contributed by atoms with E-state index >= 15 is 0 Å². The van der Waals surface area contributed by atoms with Gasteiger partial charge in [0.2, 0.25) is 5.95 Å². The number of hydrogen-bond donors (Lipinski definition) is 2. The van der Waals surface area contributed by atoms with Crippen LogP contribution in [0.2, 0.25) is 0 Å². The summed E-state index contributed by atoms with van der Waals surface area (Å²) in [5.74, 6) is 1.43. The maximum absolute atomic E-state index is 11.8. The number of anilines is 2. The first-order chi connectivity index (χ1) is 16.1. The van der Waals surface area contributed by atoms with E-state index in [4.69, 9.17) is 25.2 Å². The van der Waals surface area contributed by atoms with Crippen LogP contribution in [0.3, 0.4) is 0 Å². The van der Waals surface area contributed by atoms with E-state index < -0.39 is 0 Å². The first-order valence-corrected chi connectivity index (χ1v) is 11.3. The molecule has 2 aromatic heterocycles. The molecule has 3 heterocycles. The van der Waals surface area contributed by atoms with Crippen molar-refractivity contribution in [2.45, 2.75) is 53.0 Å². The molecule has 1 atom stereocenters. The molecule has 0 aliphatic carbocycles. The molecule has 0 amide bonds. The monoisotopic (exact) mass is 466 g/mol. The summed E-state index contributed by atoms with van der Waals surface area (Å²) in [7, 11) is 3.10. The highest BCUT2D eigenvalue weighted by atomic mass is 16.5. The Morgan fingerprint density at radius 1 is 1.26 bits per heavy atom. The number of nitrogens with two attached hydrogens (primary N) is 1. The van der Waals surface area contributed by atoms with Gasteiger partial charge in [0.1, 0.15) is 6.61 Å². The largest absolute Gasteiger partial charge is 0.493 e. The van der Waals surface area contributed by atoms with Crippen LogP contribution in [0.25, 0.3) is 11.3 Å². The van der Waals surface area contributed by atoms with Crippen molar-refractivity contribution in [3.8, 4) is 5.75 Å². The highest BCUT2D eigenvalue weighted by Gasteiger charge is 2.29. The van der Waals surface area contributed by atoms with Gasteiger partial charge in [0.15, 0.2) is 17.4 Å². The molecule has 9 heteroatoms. The summed E-state index contributed by atoms with van der Waals surface area (Å²) in [5, 5.41) is 3.29. The van der Waals surface area contributed by atoms with E-state index in [0.29, 0.717) is 42.5 Å². The van der Waals surface area contributed by atoms with Crippen molar-refractivity contribution in [2.24, 2.45) is 10.4 Å². The number of nitrogens with one attached hydrogen (secondary N) is 1. The molecule has 0 saturated carbocycles. The van der Waals surface area contributed by atoms with Gasteiger partial charge in [-0.05, 0) is 31.1 Å². The Morgan fingerprint density at radius 2 is 2.03 bits per heavy atom. The predicted molar refractivity (Wildman–Crippen MR) is 135 cm³/mol. The van der Waals surface area contributed by atoms with Gasteiger partial charge in [-0.2, -0.15) is 0 Å². The SMILES string of the molecule is COCC(=O)CC[C@H](C)Nc1nccc(C2=C(c3cnc(N)c(OC)c3)CC(C(C)(C)C)=N2)n1. The summed E-state index contributed by atoms with van der Waals surface area (Å²) in [5.41, 5.74) is 10.3. The normalized spacial score (nSPS) is 14.7. The van der Waals surface area contributed by atoms with Crippen LogP contribution in [-0.4, -0.2) is 53.3 Å². The zero-order valence-electron chi connectivity index (χ0n) is 20.8. The predicted octanol–water partition coefficient (Wildman–Crippen LogP) is 4.02. The van der Waals surface area contributed by atoms with Crippen molar-refractivity contribution >= 4 is 34.5 Å². The van der Waals surface area contributed by atoms with Gasteiger partial charge in [-0.1, -0.05) is 20.8 Å². The number of nitrogen functional groups attached to an aromatic ring is 1. The van der Waals surface area contributed by atoms with Crippen LogP contribution in [0.15, 0.2) is 29.5 Å². The Hall–Kier alpha value is -3.33. The number of rotatable bonds is 10. The lowest BCUT2D eigenvalue weighted by Crippen LogP contribution is -2.19. The molecule has 1 aliphatic heterocycles. The quantitative estimate of drug-likeness (QED) is 0.538. The Kier molecular flexibility index (Phi) is 7.98. The smallest absolute Gasteiger partial charge is 0.223 e. The Labute approximate surface area is 200 Å². The van der Waals surface area contributed by atoms with Gasteiger partial charge in [-0.15, -0.1) is 0 Å². The molecule has 0 radical (unpaired) electrons. The molecule has 3 N–H and O–H groups in total. The summed E-state index contributed by atoms with van der Waals surface area (Å²) >= 11 is 0. The molecule has 2 aromatic rings. The maximum Gasteiger partial charge on any atom is 0.223 e. The number of hydrogen-bond acceptors (Lipinski definition) is 9. The molecule has 1 aliphatic rings. The minimum absolute atomic E-state index is 0.0206. The van der Waals surface area contributed by atoms with E-state index in [1.807, 2.05) is 19.1 Å². The number of carbonyl (C=O) groups excluding carboxylic acids is 1. The zero-order chi connectivity index (χ0) is 24.9. The molecular formula is C25H34N6O3. The number of pyridine rings is 1. The number of aliphatic imine (C=N–C) groups is 1. The molecule has 0 unspecified atom stereocenters. The van der Waals surface area contributed by atoms with Gasteiger partial charge in [0.25, 0.3) is 0 Å². The fourth-order valence-corrected chi connectivity index (χ4v) is 3.62. The summed E-state index contributed by atoms with van der Waals surface area (Å²) in [6.45, 7) is 8.57. The van der Waals surface area contributed by atoms with Crippen LogP contribution in [0.4, 0.5) is 11.8 Å². The van der Waals surface area contributed by atoms with Crippen LogP contribution in [-0.2, 0) is 9.53 Å². The van der Waals surface area contributed by atoms with Gasteiger partial charge in [-0.3, -0.25) is 9.79 Å². The minimum atomic E-state index is -0.101. The fraction of sp³-hybridized carbons (Fsp3) is 0.480. The lowest BCUT2D eigenvalue weighted by atomic mass is 9.86. The van der Waals surface area contributed by atoms with E-state index in [-0.39, 0.29) is 23.8 Å². The van der Waals surface area contributed by atoms with Crippen molar-refractivity contribution in [1.29, 1.82) is 0 Å². The molecule has 0 aromatic carbocycles. The van der Waals surface area contributed by atoms with Crippen LogP contribution in [0.5, 0.6) is 5.75 Å². The second kappa shape index (κ2) is 10.7. The summed E-state index contributed by atoms with van der Waals surface area (Å²) in [4.78, 5) is 30.1. The number of nitrogens with zero attached hydrogens (tertiary/aromatic N) is 4. The van der Waals surface area contributed by atoms with Crippen molar-refractivity contribution in [2.75, 3.05) is 31.9 Å². The van der Waals surface area contributed by atoms with Crippen molar-refractivity contribution < 1.29 is 14.3 Å². The number of aromatic nitrogens is 3. The standard InChI is InChI=1S/C25H34N6O3/c1-15(7-8-17(32)14-33-5)29-24-27-10-9-19(30-24)22-18(12-21(31-22)25(2,3)4)16-11-20(34-6)23(26)28-13-16/h9-11,13,15H,7-8,12,14H2,1-6H3,(H2,26,28)(H,27,29,30)/t15-/m0/s1. The van der Waals surface area contributed by atoms with Crippen LogP contribution in [0.1, 0.15) is 58.2 Å². The Morgan fingerprint density at radius 3 is 2.71 bits per heavy atom. The number of ether oxygens (including phenoxy) is 2. The number of methoxy groups -OCH3 is 2. The summed E-state index contributed by atoms with van der Waals surface area (Å²) in [6.07, 6.45) is 5.23. The Balaban J connectivity index is 1.91. The number of Topliss-reactive ketones (excluding diaryl/α,β-unsaturated/α-hetero) is 1. The first-order valence-electron chi connectivity index (χ1n) is 11.3. The van der Waals surface area contributed by atoms with E-state index in [1.165, 1.54) is 7.11 Å². The second-order valence-corrected chi connectivity index (χ2v) is 9.45. The van der Waals surface area contributed by atoms with Gasteiger partial charge < -0.3 is 20.5 Å². The summed E-state index contributed by atoms with van der Waals surface area (Å²) < 4.78 is 10.3. The minimum Gasteiger partial charge on any atom is -0.493 e.